The molecule has 5 unspecified atom stereocenters. The van der Waals surface area contributed by atoms with E-state index in [4.69, 9.17) is 4.74 Å². The lowest BCUT2D eigenvalue weighted by atomic mass is 9.41. The van der Waals surface area contributed by atoms with Crippen molar-refractivity contribution in [1.82, 2.24) is 0 Å². The molecular formula is C28H44FNO4. The van der Waals surface area contributed by atoms with Crippen molar-refractivity contribution in [1.29, 1.82) is 0 Å². The zero-order valence-electron chi connectivity index (χ0n) is 21.6. The molecule has 4 fully saturated rings. The zero-order valence-corrected chi connectivity index (χ0v) is 21.6. The first-order valence-electron chi connectivity index (χ1n) is 13.6. The molecule has 0 aliphatic heterocycles. The van der Waals surface area contributed by atoms with E-state index in [9.17, 15) is 14.7 Å². The highest BCUT2D eigenvalue weighted by molar-refractivity contribution is 5.66. The minimum absolute atomic E-state index is 0.111. The summed E-state index contributed by atoms with van der Waals surface area (Å²) in [5, 5.41) is 11.8. The van der Waals surface area contributed by atoms with Crippen LogP contribution in [0.3, 0.4) is 0 Å². The summed E-state index contributed by atoms with van der Waals surface area (Å²) in [6.45, 7) is 11.0. The van der Waals surface area contributed by atoms with Crippen LogP contribution in [-0.2, 0) is 14.3 Å². The molecule has 0 aromatic heterocycles. The smallest absolute Gasteiger partial charge is 0.303 e. The number of hydrogen-bond acceptors (Lipinski definition) is 5. The Kier molecular flexibility index (Phi) is 7.33. The number of fused-ring (bicyclic) bond motifs is 5. The summed E-state index contributed by atoms with van der Waals surface area (Å²) < 4.78 is 21.4. The number of rotatable bonds is 6. The van der Waals surface area contributed by atoms with Gasteiger partial charge in [-0.25, -0.2) is 14.2 Å². The Bertz CT molecular complexity index is 814. The quantitative estimate of drug-likeness (QED) is 0.312. The van der Waals surface area contributed by atoms with Gasteiger partial charge in [-0.2, -0.15) is 0 Å². The van der Waals surface area contributed by atoms with Gasteiger partial charge < -0.3 is 9.84 Å². The molecule has 0 heterocycles. The molecule has 6 heteroatoms. The summed E-state index contributed by atoms with van der Waals surface area (Å²) in [5.41, 5.74) is -0.0116. The van der Waals surface area contributed by atoms with Crippen molar-refractivity contribution in [3.05, 3.63) is 0 Å². The van der Waals surface area contributed by atoms with Crippen molar-refractivity contribution in [2.24, 2.45) is 57.2 Å². The highest BCUT2D eigenvalue weighted by Gasteiger charge is 2.67. The second kappa shape index (κ2) is 9.65. The number of alkyl halides is 1. The predicted molar refractivity (Wildman–Crippen MR) is 128 cm³/mol. The van der Waals surface area contributed by atoms with Crippen LogP contribution < -0.4 is 0 Å². The molecule has 0 spiro atoms. The Labute approximate surface area is 204 Å². The lowest BCUT2D eigenvalue weighted by molar-refractivity contribution is -0.226. The third-order valence-electron chi connectivity index (χ3n) is 11.2. The van der Waals surface area contributed by atoms with Gasteiger partial charge in [0.1, 0.15) is 12.3 Å². The topological polar surface area (TPSA) is 76.0 Å². The van der Waals surface area contributed by atoms with Crippen LogP contribution in [0.15, 0.2) is 4.99 Å². The lowest BCUT2D eigenvalue weighted by Crippen LogP contribution is -2.65. The van der Waals surface area contributed by atoms with E-state index in [0.717, 1.165) is 44.9 Å². The Morgan fingerprint density at radius 3 is 2.50 bits per heavy atom. The molecule has 4 aliphatic carbocycles. The molecule has 5 nitrogen and oxygen atoms in total. The van der Waals surface area contributed by atoms with Crippen LogP contribution >= 0.6 is 0 Å². The SMILES string of the molecule is CC[C@H]1C(O)C2C3CCC([C@H](C)CCN=C=O)[C@@]3(C)CCC2[C@@]2(C)CC[C@@H](OC(C)=O)[C@H](F)[C@@H]12. The third kappa shape index (κ3) is 3.97. The van der Waals surface area contributed by atoms with Gasteiger partial charge in [-0.05, 0) is 91.3 Å². The first-order valence-corrected chi connectivity index (χ1v) is 13.6. The average Bonchev–Trinajstić information content (AvgIpc) is 3.14. The molecule has 4 saturated carbocycles. The molecule has 0 bridgehead atoms. The van der Waals surface area contributed by atoms with Crippen LogP contribution in [0, 0.1) is 52.3 Å². The highest BCUT2D eigenvalue weighted by Crippen LogP contribution is 2.69. The first-order chi connectivity index (χ1) is 16.1. The third-order valence-corrected chi connectivity index (χ3v) is 11.2. The first kappa shape index (κ1) is 25.8. The van der Waals surface area contributed by atoms with Crippen molar-refractivity contribution in [2.75, 3.05) is 6.54 Å². The number of carbonyl (C=O) groups excluding carboxylic acids is 2. The van der Waals surface area contributed by atoms with Crippen LogP contribution in [0.25, 0.3) is 0 Å². The molecule has 0 saturated heterocycles. The van der Waals surface area contributed by atoms with Crippen LogP contribution in [0.5, 0.6) is 0 Å². The number of ether oxygens (including phenoxy) is 1. The summed E-state index contributed by atoms with van der Waals surface area (Å²) in [6, 6.07) is 0. The van der Waals surface area contributed by atoms with E-state index in [2.05, 4.69) is 32.7 Å². The van der Waals surface area contributed by atoms with Crippen molar-refractivity contribution < 1.29 is 23.8 Å². The van der Waals surface area contributed by atoms with Gasteiger partial charge in [-0.1, -0.05) is 34.1 Å². The van der Waals surface area contributed by atoms with E-state index < -0.39 is 24.3 Å². The van der Waals surface area contributed by atoms with E-state index >= 15 is 4.39 Å². The van der Waals surface area contributed by atoms with Gasteiger partial charge in [0.15, 0.2) is 0 Å². The number of hydrogen-bond donors (Lipinski definition) is 1. The number of esters is 1. The molecule has 4 rings (SSSR count). The Morgan fingerprint density at radius 1 is 1.18 bits per heavy atom. The summed E-state index contributed by atoms with van der Waals surface area (Å²) in [4.78, 5) is 25.9. The molecule has 0 aromatic rings. The summed E-state index contributed by atoms with van der Waals surface area (Å²) in [5.74, 6) is 1.19. The van der Waals surface area contributed by atoms with Crippen LogP contribution in [0.1, 0.15) is 86.0 Å². The maximum atomic E-state index is 16.0. The van der Waals surface area contributed by atoms with Crippen LogP contribution in [0.2, 0.25) is 0 Å². The summed E-state index contributed by atoms with van der Waals surface area (Å²) in [7, 11) is 0. The van der Waals surface area contributed by atoms with E-state index in [-0.39, 0.29) is 28.6 Å². The monoisotopic (exact) mass is 477 g/mol. The second-order valence-electron chi connectivity index (χ2n) is 12.5. The number of aliphatic hydroxyl groups is 1. The van der Waals surface area contributed by atoms with Crippen LogP contribution in [0.4, 0.5) is 4.39 Å². The summed E-state index contributed by atoms with van der Waals surface area (Å²) >= 11 is 0. The van der Waals surface area contributed by atoms with Crippen LogP contribution in [-0.4, -0.2) is 42.1 Å². The van der Waals surface area contributed by atoms with Gasteiger partial charge >= 0.3 is 5.97 Å². The maximum absolute atomic E-state index is 16.0. The van der Waals surface area contributed by atoms with Gasteiger partial charge in [-0.3, -0.25) is 4.79 Å². The van der Waals surface area contributed by atoms with E-state index in [1.54, 1.807) is 6.08 Å². The van der Waals surface area contributed by atoms with Gasteiger partial charge in [0, 0.05) is 12.8 Å². The van der Waals surface area contributed by atoms with Gasteiger partial charge in [0.05, 0.1) is 12.6 Å². The Morgan fingerprint density at radius 2 is 1.85 bits per heavy atom. The number of aliphatic imine (C=N–C) groups is 1. The van der Waals surface area contributed by atoms with E-state index in [0.29, 0.717) is 36.6 Å². The number of nitrogens with zero attached hydrogens (tertiary/aromatic N) is 1. The molecule has 4 aliphatic rings. The number of carbonyl (C=O) groups is 1. The highest BCUT2D eigenvalue weighted by atomic mass is 19.1. The van der Waals surface area contributed by atoms with E-state index in [1.165, 1.54) is 6.92 Å². The Hall–Kier alpha value is -1.26. The van der Waals surface area contributed by atoms with Crippen molar-refractivity contribution in [3.8, 4) is 0 Å². The van der Waals surface area contributed by atoms with Crippen molar-refractivity contribution in [3.63, 3.8) is 0 Å². The molecule has 12 atom stereocenters. The Balaban J connectivity index is 1.62. The van der Waals surface area contributed by atoms with Gasteiger partial charge in [0.2, 0.25) is 6.08 Å². The fourth-order valence-electron chi connectivity index (χ4n) is 9.79. The molecule has 0 amide bonds. The largest absolute Gasteiger partial charge is 0.459 e. The number of aliphatic hydroxyl groups excluding tert-OH is 1. The molecule has 0 aromatic carbocycles. The van der Waals surface area contributed by atoms with E-state index in [1.807, 2.05) is 0 Å². The predicted octanol–water partition coefficient (Wildman–Crippen LogP) is 5.49. The fraction of sp³-hybridized carbons (Fsp3) is 0.929. The number of isocyanates is 1. The summed E-state index contributed by atoms with van der Waals surface area (Å²) in [6.07, 6.45) is 6.73. The minimum atomic E-state index is -1.22. The normalized spacial score (nSPS) is 48.6. The maximum Gasteiger partial charge on any atom is 0.303 e. The lowest BCUT2D eigenvalue weighted by Gasteiger charge is -2.65. The van der Waals surface area contributed by atoms with Crippen molar-refractivity contribution >= 4 is 12.0 Å². The molecule has 1 N–H and O–H groups in total. The molecular weight excluding hydrogens is 433 g/mol. The van der Waals surface area contributed by atoms with Gasteiger partial charge in [0.25, 0.3) is 0 Å². The molecule has 34 heavy (non-hydrogen) atoms. The second-order valence-corrected chi connectivity index (χ2v) is 12.5. The van der Waals surface area contributed by atoms with Gasteiger partial charge in [-0.15, -0.1) is 0 Å². The van der Waals surface area contributed by atoms with Crippen molar-refractivity contribution in [2.45, 2.75) is 104 Å². The zero-order chi connectivity index (χ0) is 24.8. The standard InChI is InChI=1S/C28H44FNO4/c1-6-18-24-25(29)22(34-17(3)32)10-13-28(24,5)21-9-12-27(4)19(16(2)11-14-30-15-31)7-8-20(27)23(21)26(18)33/h16,18-26,33H,6-14H2,1-5H3/t16-,18-,19?,20?,21?,22-,23?,24-,25+,26?,27-,28-/m1/s1. The molecule has 192 valence electrons. The number of halogens is 1. The average molecular weight is 478 g/mol. The minimum Gasteiger partial charge on any atom is -0.459 e. The fourth-order valence-corrected chi connectivity index (χ4v) is 9.79. The molecule has 0 radical (unpaired) electrons.